The molecule has 0 bridgehead atoms. The summed E-state index contributed by atoms with van der Waals surface area (Å²) in [6.45, 7) is 3.92. The lowest BCUT2D eigenvalue weighted by Crippen LogP contribution is -2.35. The van der Waals surface area contributed by atoms with Crippen molar-refractivity contribution in [2.45, 2.75) is 18.9 Å². The Hall–Kier alpha value is -1.46. The van der Waals surface area contributed by atoms with Crippen LogP contribution in [0.1, 0.15) is 12.0 Å². The first-order valence-electron chi connectivity index (χ1n) is 8.18. The standard InChI is InChI=1S/C17H21ClN2O3/c1-19-3-2-11-9-20(10-14(11)19)17(21)7-12-6-15-16(8-13(12)18)23-5-4-22-15/h6,8,11,14H,2-5,7,9-10H2,1H3/t11-,14+/m0/s1. The largest absolute Gasteiger partial charge is 0.486 e. The van der Waals surface area contributed by atoms with Crippen molar-refractivity contribution < 1.29 is 14.3 Å². The molecular formula is C17H21ClN2O3. The fourth-order valence-electron chi connectivity index (χ4n) is 3.89. The molecule has 3 heterocycles. The van der Waals surface area contributed by atoms with Crippen LogP contribution in [0.3, 0.4) is 0 Å². The van der Waals surface area contributed by atoms with Gasteiger partial charge in [0.15, 0.2) is 11.5 Å². The Labute approximate surface area is 141 Å². The van der Waals surface area contributed by atoms with Gasteiger partial charge in [0.05, 0.1) is 6.42 Å². The summed E-state index contributed by atoms with van der Waals surface area (Å²) in [5.74, 6) is 2.11. The smallest absolute Gasteiger partial charge is 0.227 e. The van der Waals surface area contributed by atoms with Crippen molar-refractivity contribution in [3.63, 3.8) is 0 Å². The summed E-state index contributed by atoms with van der Waals surface area (Å²) in [6.07, 6.45) is 1.51. The molecule has 0 unspecified atom stereocenters. The normalized spacial score (nSPS) is 26.4. The van der Waals surface area contributed by atoms with Crippen LogP contribution in [-0.2, 0) is 11.2 Å². The zero-order valence-electron chi connectivity index (χ0n) is 13.3. The van der Waals surface area contributed by atoms with E-state index in [1.165, 1.54) is 6.42 Å². The number of carbonyl (C=O) groups excluding carboxylic acids is 1. The summed E-state index contributed by atoms with van der Waals surface area (Å²) in [5, 5.41) is 0.569. The van der Waals surface area contributed by atoms with Crippen LogP contribution in [0, 0.1) is 5.92 Å². The number of fused-ring (bicyclic) bond motifs is 2. The first-order chi connectivity index (χ1) is 11.1. The molecule has 5 nitrogen and oxygen atoms in total. The summed E-state index contributed by atoms with van der Waals surface area (Å²) >= 11 is 6.32. The zero-order valence-corrected chi connectivity index (χ0v) is 14.0. The van der Waals surface area contributed by atoms with E-state index in [-0.39, 0.29) is 5.91 Å². The maximum absolute atomic E-state index is 12.6. The summed E-state index contributed by atoms with van der Waals surface area (Å²) in [7, 11) is 2.15. The van der Waals surface area contributed by atoms with Gasteiger partial charge in [-0.05, 0) is 37.6 Å². The number of likely N-dealkylation sites (N-methyl/N-ethyl adjacent to an activating group) is 1. The predicted molar refractivity (Wildman–Crippen MR) is 87.3 cm³/mol. The Balaban J connectivity index is 1.47. The average Bonchev–Trinajstić information content (AvgIpc) is 3.10. The third-order valence-corrected chi connectivity index (χ3v) is 5.58. The molecule has 6 heteroatoms. The van der Waals surface area contributed by atoms with Gasteiger partial charge in [0.2, 0.25) is 5.91 Å². The number of ether oxygens (including phenoxy) is 2. The second-order valence-corrected chi connectivity index (χ2v) is 7.07. The number of carbonyl (C=O) groups is 1. The van der Waals surface area contributed by atoms with Crippen molar-refractivity contribution in [3.8, 4) is 11.5 Å². The summed E-state index contributed by atoms with van der Waals surface area (Å²) in [4.78, 5) is 17.0. The highest BCUT2D eigenvalue weighted by Crippen LogP contribution is 2.36. The van der Waals surface area contributed by atoms with Crippen LogP contribution in [0.2, 0.25) is 5.02 Å². The van der Waals surface area contributed by atoms with Crippen molar-refractivity contribution >= 4 is 17.5 Å². The SMILES string of the molecule is CN1CC[C@H]2CN(C(=O)Cc3cc4c(cc3Cl)OCCO4)C[C@H]21. The lowest BCUT2D eigenvalue weighted by atomic mass is 10.1. The van der Waals surface area contributed by atoms with Gasteiger partial charge in [-0.2, -0.15) is 0 Å². The molecule has 0 aromatic heterocycles. The molecule has 3 aliphatic heterocycles. The Morgan fingerprint density at radius 2 is 2.00 bits per heavy atom. The van der Waals surface area contributed by atoms with Crippen LogP contribution in [0.25, 0.3) is 0 Å². The van der Waals surface area contributed by atoms with Gasteiger partial charge in [0.25, 0.3) is 0 Å². The number of halogens is 1. The van der Waals surface area contributed by atoms with E-state index in [0.29, 0.717) is 48.1 Å². The van der Waals surface area contributed by atoms with E-state index in [1.807, 2.05) is 11.0 Å². The van der Waals surface area contributed by atoms with E-state index < -0.39 is 0 Å². The van der Waals surface area contributed by atoms with Crippen molar-refractivity contribution in [1.29, 1.82) is 0 Å². The summed E-state index contributed by atoms with van der Waals surface area (Å²) < 4.78 is 11.1. The van der Waals surface area contributed by atoms with Crippen molar-refractivity contribution in [2.75, 3.05) is 39.9 Å². The monoisotopic (exact) mass is 336 g/mol. The van der Waals surface area contributed by atoms with Crippen LogP contribution >= 0.6 is 11.6 Å². The van der Waals surface area contributed by atoms with E-state index in [4.69, 9.17) is 21.1 Å². The topological polar surface area (TPSA) is 42.0 Å². The van der Waals surface area contributed by atoms with E-state index in [1.54, 1.807) is 6.07 Å². The minimum Gasteiger partial charge on any atom is -0.486 e. The van der Waals surface area contributed by atoms with Gasteiger partial charge in [-0.15, -0.1) is 0 Å². The second-order valence-electron chi connectivity index (χ2n) is 6.66. The molecule has 1 aromatic rings. The quantitative estimate of drug-likeness (QED) is 0.826. The molecular weight excluding hydrogens is 316 g/mol. The van der Waals surface area contributed by atoms with Crippen LogP contribution in [-0.4, -0.2) is 61.6 Å². The Morgan fingerprint density at radius 1 is 1.26 bits per heavy atom. The number of hydrogen-bond donors (Lipinski definition) is 0. The molecule has 1 aromatic carbocycles. The lowest BCUT2D eigenvalue weighted by molar-refractivity contribution is -0.129. The van der Waals surface area contributed by atoms with Crippen molar-refractivity contribution in [1.82, 2.24) is 9.80 Å². The summed E-state index contributed by atoms with van der Waals surface area (Å²) in [6, 6.07) is 4.12. The zero-order chi connectivity index (χ0) is 16.0. The molecule has 0 spiro atoms. The van der Waals surface area contributed by atoms with Gasteiger partial charge < -0.3 is 19.3 Å². The number of hydrogen-bond acceptors (Lipinski definition) is 4. The number of nitrogens with zero attached hydrogens (tertiary/aromatic N) is 2. The van der Waals surface area contributed by atoms with Gasteiger partial charge in [0.1, 0.15) is 13.2 Å². The molecule has 0 saturated carbocycles. The number of likely N-dealkylation sites (tertiary alicyclic amines) is 2. The minimum absolute atomic E-state index is 0.145. The van der Waals surface area contributed by atoms with E-state index >= 15 is 0 Å². The molecule has 4 rings (SSSR count). The highest BCUT2D eigenvalue weighted by molar-refractivity contribution is 6.31. The molecule has 23 heavy (non-hydrogen) atoms. The first-order valence-corrected chi connectivity index (χ1v) is 8.55. The maximum Gasteiger partial charge on any atom is 0.227 e. The molecule has 2 fully saturated rings. The van der Waals surface area contributed by atoms with Crippen LogP contribution in [0.5, 0.6) is 11.5 Å². The predicted octanol–water partition coefficient (Wildman–Crippen LogP) is 1.82. The lowest BCUT2D eigenvalue weighted by Gasteiger charge is -2.22. The molecule has 0 aliphatic carbocycles. The number of amides is 1. The number of rotatable bonds is 2. The highest BCUT2D eigenvalue weighted by atomic mass is 35.5. The van der Waals surface area contributed by atoms with E-state index in [9.17, 15) is 4.79 Å². The van der Waals surface area contributed by atoms with Gasteiger partial charge in [-0.3, -0.25) is 4.79 Å². The van der Waals surface area contributed by atoms with Gasteiger partial charge in [-0.25, -0.2) is 0 Å². The van der Waals surface area contributed by atoms with E-state index in [2.05, 4.69) is 11.9 Å². The fourth-order valence-corrected chi connectivity index (χ4v) is 4.11. The molecule has 1 amide bonds. The molecule has 0 radical (unpaired) electrons. The first kappa shape index (κ1) is 15.1. The molecule has 3 aliphatic rings. The third-order valence-electron chi connectivity index (χ3n) is 5.23. The second kappa shape index (κ2) is 5.87. The van der Waals surface area contributed by atoms with Crippen LogP contribution < -0.4 is 9.47 Å². The molecule has 2 saturated heterocycles. The van der Waals surface area contributed by atoms with Gasteiger partial charge in [0, 0.05) is 30.2 Å². The minimum atomic E-state index is 0.145. The third kappa shape index (κ3) is 2.76. The highest BCUT2D eigenvalue weighted by Gasteiger charge is 2.41. The Kier molecular flexibility index (Phi) is 3.85. The van der Waals surface area contributed by atoms with Crippen LogP contribution in [0.15, 0.2) is 12.1 Å². The van der Waals surface area contributed by atoms with Crippen LogP contribution in [0.4, 0.5) is 0 Å². The van der Waals surface area contributed by atoms with Gasteiger partial charge in [-0.1, -0.05) is 11.6 Å². The summed E-state index contributed by atoms with van der Waals surface area (Å²) in [5.41, 5.74) is 0.811. The van der Waals surface area contributed by atoms with Gasteiger partial charge >= 0.3 is 0 Å². The molecule has 124 valence electrons. The Bertz CT molecular complexity index is 637. The fraction of sp³-hybridized carbons (Fsp3) is 0.588. The molecule has 2 atom stereocenters. The van der Waals surface area contributed by atoms with E-state index in [0.717, 1.165) is 25.2 Å². The Morgan fingerprint density at radius 3 is 2.74 bits per heavy atom. The average molecular weight is 337 g/mol. The van der Waals surface area contributed by atoms with Crippen molar-refractivity contribution in [2.24, 2.45) is 5.92 Å². The molecule has 0 N–H and O–H groups in total. The maximum atomic E-state index is 12.6. The number of benzene rings is 1. The van der Waals surface area contributed by atoms with Crippen molar-refractivity contribution in [3.05, 3.63) is 22.7 Å².